The summed E-state index contributed by atoms with van der Waals surface area (Å²) in [7, 11) is 2.04. The van der Waals surface area contributed by atoms with Crippen molar-refractivity contribution in [2.45, 2.75) is 45.6 Å². The Hall–Kier alpha value is -2.60. The molecule has 2 amide bonds. The Morgan fingerprint density at radius 2 is 1.93 bits per heavy atom. The van der Waals surface area contributed by atoms with Crippen molar-refractivity contribution in [1.29, 1.82) is 0 Å². The molecular weight excluding hydrogens is 400 g/mol. The van der Waals surface area contributed by atoms with E-state index < -0.39 is 0 Å². The average Bonchev–Trinajstić information content (AvgIpc) is 2.78. The number of carbonyl (C=O) groups is 2. The fourth-order valence-electron chi connectivity index (χ4n) is 3.90. The fourth-order valence-corrected chi connectivity index (χ4v) is 4.10. The van der Waals surface area contributed by atoms with E-state index in [0.717, 1.165) is 43.6 Å². The van der Waals surface area contributed by atoms with Crippen LogP contribution in [0, 0.1) is 0 Å². The lowest BCUT2D eigenvalue weighted by atomic mass is 10.0. The molecule has 30 heavy (non-hydrogen) atoms. The van der Waals surface area contributed by atoms with Crippen molar-refractivity contribution >= 4 is 34.8 Å². The Kier molecular flexibility index (Phi) is 7.32. The molecule has 0 unspecified atom stereocenters. The van der Waals surface area contributed by atoms with Gasteiger partial charge in [-0.25, -0.2) is 0 Å². The van der Waals surface area contributed by atoms with E-state index in [4.69, 9.17) is 11.6 Å². The summed E-state index contributed by atoms with van der Waals surface area (Å²) in [5, 5.41) is 3.58. The molecule has 7 heteroatoms. The van der Waals surface area contributed by atoms with Crippen molar-refractivity contribution in [2.24, 2.45) is 0 Å². The highest BCUT2D eigenvalue weighted by Crippen LogP contribution is 2.25. The number of halogens is 1. The summed E-state index contributed by atoms with van der Waals surface area (Å²) in [5.74, 6) is 0.0487. The van der Waals surface area contributed by atoms with Crippen LogP contribution in [0.5, 0.6) is 0 Å². The van der Waals surface area contributed by atoms with E-state index in [0.29, 0.717) is 28.7 Å². The van der Waals surface area contributed by atoms with E-state index in [1.54, 1.807) is 24.5 Å². The number of nitrogens with zero attached hydrogens (tertiary/aromatic N) is 3. The van der Waals surface area contributed by atoms with Crippen molar-refractivity contribution in [3.8, 4) is 0 Å². The molecule has 0 spiro atoms. The average molecular weight is 429 g/mol. The van der Waals surface area contributed by atoms with Gasteiger partial charge in [0.25, 0.3) is 5.91 Å². The Balaban J connectivity index is 1.68. The van der Waals surface area contributed by atoms with Gasteiger partial charge in [-0.15, -0.1) is 0 Å². The van der Waals surface area contributed by atoms with Crippen molar-refractivity contribution in [1.82, 2.24) is 9.88 Å². The zero-order chi connectivity index (χ0) is 21.7. The van der Waals surface area contributed by atoms with Crippen LogP contribution in [0.25, 0.3) is 0 Å². The van der Waals surface area contributed by atoms with Gasteiger partial charge in [0.05, 0.1) is 23.8 Å². The monoisotopic (exact) mass is 428 g/mol. The summed E-state index contributed by atoms with van der Waals surface area (Å²) in [6.07, 6.45) is 6.58. The molecule has 0 radical (unpaired) electrons. The summed E-state index contributed by atoms with van der Waals surface area (Å²) in [6.45, 7) is 5.46. The first kappa shape index (κ1) is 22.1. The number of aromatic nitrogens is 1. The highest BCUT2D eigenvalue weighted by atomic mass is 35.5. The third-order valence-electron chi connectivity index (χ3n) is 5.75. The summed E-state index contributed by atoms with van der Waals surface area (Å²) in [6, 6.07) is 7.59. The zero-order valence-electron chi connectivity index (χ0n) is 17.8. The lowest BCUT2D eigenvalue weighted by molar-refractivity contribution is -0.131. The van der Waals surface area contributed by atoms with Crippen LogP contribution in [0.2, 0.25) is 5.02 Å². The maximum Gasteiger partial charge on any atom is 0.255 e. The van der Waals surface area contributed by atoms with Crippen LogP contribution in [0.1, 0.15) is 49.0 Å². The molecule has 1 aromatic heterocycles. The highest BCUT2D eigenvalue weighted by molar-refractivity contribution is 6.30. The van der Waals surface area contributed by atoms with Crippen LogP contribution >= 0.6 is 11.6 Å². The van der Waals surface area contributed by atoms with Gasteiger partial charge < -0.3 is 15.1 Å². The summed E-state index contributed by atoms with van der Waals surface area (Å²) < 4.78 is 0. The number of hydrogen-bond acceptors (Lipinski definition) is 4. The molecule has 1 saturated heterocycles. The number of piperidine rings is 1. The predicted octanol–water partition coefficient (Wildman–Crippen LogP) is 4.39. The van der Waals surface area contributed by atoms with Gasteiger partial charge in [0.15, 0.2) is 0 Å². The summed E-state index contributed by atoms with van der Waals surface area (Å²) in [4.78, 5) is 33.1. The van der Waals surface area contributed by atoms with E-state index in [1.165, 1.54) is 0 Å². The van der Waals surface area contributed by atoms with Gasteiger partial charge >= 0.3 is 0 Å². The van der Waals surface area contributed by atoms with E-state index in [2.05, 4.69) is 15.2 Å². The first-order valence-corrected chi connectivity index (χ1v) is 10.9. The van der Waals surface area contributed by atoms with Crippen molar-refractivity contribution in [3.63, 3.8) is 0 Å². The second kappa shape index (κ2) is 9.94. The number of aryl methyl sites for hydroxylation is 1. The molecule has 0 bridgehead atoms. The van der Waals surface area contributed by atoms with Crippen LogP contribution in [-0.4, -0.2) is 47.9 Å². The van der Waals surface area contributed by atoms with Gasteiger partial charge in [-0.3, -0.25) is 14.6 Å². The Morgan fingerprint density at radius 3 is 2.60 bits per heavy atom. The molecule has 1 N–H and O–H groups in total. The molecule has 1 aliphatic heterocycles. The van der Waals surface area contributed by atoms with Crippen LogP contribution in [0.3, 0.4) is 0 Å². The van der Waals surface area contributed by atoms with Crippen molar-refractivity contribution in [2.75, 3.05) is 30.4 Å². The van der Waals surface area contributed by atoms with E-state index in [9.17, 15) is 9.59 Å². The number of pyridine rings is 1. The van der Waals surface area contributed by atoms with Crippen LogP contribution in [0.15, 0.2) is 36.7 Å². The third-order valence-corrected chi connectivity index (χ3v) is 5.98. The van der Waals surface area contributed by atoms with E-state index in [1.807, 2.05) is 37.9 Å². The Labute approximate surface area is 183 Å². The first-order valence-electron chi connectivity index (χ1n) is 10.5. The number of hydrogen-bond donors (Lipinski definition) is 1. The van der Waals surface area contributed by atoms with Crippen LogP contribution < -0.4 is 10.2 Å². The quantitative estimate of drug-likeness (QED) is 0.741. The molecule has 0 atom stereocenters. The second-order valence-corrected chi connectivity index (χ2v) is 8.05. The summed E-state index contributed by atoms with van der Waals surface area (Å²) >= 11 is 6.06. The number of amides is 2. The lowest BCUT2D eigenvalue weighted by Gasteiger charge is -2.37. The number of rotatable bonds is 6. The lowest BCUT2D eigenvalue weighted by Crippen LogP contribution is -2.45. The second-order valence-electron chi connectivity index (χ2n) is 7.62. The number of anilines is 2. The minimum atomic E-state index is -0.170. The number of likely N-dealkylation sites (tertiary alicyclic amines) is 1. The Bertz CT molecular complexity index is 910. The molecule has 6 nitrogen and oxygen atoms in total. The minimum Gasteiger partial charge on any atom is -0.370 e. The molecule has 3 rings (SSSR count). The number of benzene rings is 1. The molecule has 0 aliphatic carbocycles. The molecular formula is C23H29ClN4O2. The molecule has 160 valence electrons. The topological polar surface area (TPSA) is 65.5 Å². The molecule has 2 aromatic rings. The predicted molar refractivity (Wildman–Crippen MR) is 121 cm³/mol. The Morgan fingerprint density at radius 1 is 1.20 bits per heavy atom. The van der Waals surface area contributed by atoms with Crippen LogP contribution in [0.4, 0.5) is 11.4 Å². The summed E-state index contributed by atoms with van der Waals surface area (Å²) in [5.41, 5.74) is 3.13. The smallest absolute Gasteiger partial charge is 0.255 e. The van der Waals surface area contributed by atoms with Crippen molar-refractivity contribution in [3.05, 3.63) is 52.8 Å². The maximum absolute atomic E-state index is 12.8. The van der Waals surface area contributed by atoms with Gasteiger partial charge in [0, 0.05) is 43.2 Å². The first-order chi connectivity index (χ1) is 14.4. The third kappa shape index (κ3) is 5.11. The van der Waals surface area contributed by atoms with Crippen LogP contribution in [-0.2, 0) is 11.2 Å². The molecule has 1 fully saturated rings. The van der Waals surface area contributed by atoms with Gasteiger partial charge in [-0.1, -0.05) is 25.4 Å². The number of carbonyl (C=O) groups excluding carboxylic acids is 2. The van der Waals surface area contributed by atoms with Crippen molar-refractivity contribution < 1.29 is 9.59 Å². The zero-order valence-corrected chi connectivity index (χ0v) is 18.6. The highest BCUT2D eigenvalue weighted by Gasteiger charge is 2.25. The molecule has 2 heterocycles. The SMILES string of the molecule is CCC(=O)N1CCC(N(C)c2cncc(NC(=O)c3ccc(Cl)cc3CC)c2)CC1. The van der Waals surface area contributed by atoms with E-state index in [-0.39, 0.29) is 11.8 Å². The normalized spacial score (nSPS) is 14.5. The molecule has 0 saturated carbocycles. The molecule has 1 aromatic carbocycles. The standard InChI is InChI=1S/C23H29ClN4O2/c1-4-16-12-17(24)6-7-21(16)23(30)26-18-13-20(15-25-14-18)27(3)19-8-10-28(11-9-19)22(29)5-2/h6-7,12-15,19H,4-5,8-11H2,1-3H3,(H,26,30). The van der Waals surface area contributed by atoms with Gasteiger partial charge in [0.1, 0.15) is 0 Å². The minimum absolute atomic E-state index is 0.170. The van der Waals surface area contributed by atoms with Gasteiger partial charge in [0.2, 0.25) is 5.91 Å². The molecule has 1 aliphatic rings. The largest absolute Gasteiger partial charge is 0.370 e. The number of nitrogens with one attached hydrogen (secondary N) is 1. The van der Waals surface area contributed by atoms with Gasteiger partial charge in [-0.05, 0) is 49.1 Å². The van der Waals surface area contributed by atoms with Gasteiger partial charge in [-0.2, -0.15) is 0 Å². The van der Waals surface area contributed by atoms with E-state index >= 15 is 0 Å². The fraction of sp³-hybridized carbons (Fsp3) is 0.435. The maximum atomic E-state index is 12.8.